The second-order valence-electron chi connectivity index (χ2n) is 5.42. The first-order chi connectivity index (χ1) is 12.2. The van der Waals surface area contributed by atoms with Gasteiger partial charge in [-0.15, -0.1) is 11.8 Å². The predicted octanol–water partition coefficient (Wildman–Crippen LogP) is 3.07. The molecule has 0 saturated heterocycles. The average molecular weight is 359 g/mol. The van der Waals surface area contributed by atoms with E-state index in [4.69, 9.17) is 15.2 Å². The van der Waals surface area contributed by atoms with Crippen LogP contribution in [-0.2, 0) is 13.0 Å². The highest BCUT2D eigenvalue weighted by atomic mass is 32.2. The van der Waals surface area contributed by atoms with Crippen LogP contribution in [-0.4, -0.2) is 33.0 Å². The number of methoxy groups -OCH3 is 2. The summed E-state index contributed by atoms with van der Waals surface area (Å²) in [6, 6.07) is 14.2. The van der Waals surface area contributed by atoms with Crippen LogP contribution in [0.15, 0.2) is 52.4 Å². The Bertz CT molecular complexity index is 702. The van der Waals surface area contributed by atoms with E-state index < -0.39 is 0 Å². The molecule has 25 heavy (non-hydrogen) atoms. The van der Waals surface area contributed by atoms with Crippen molar-refractivity contribution >= 4 is 17.7 Å². The molecule has 0 aliphatic heterocycles. The molecule has 6 heteroatoms. The molecular formula is C19H25N3O2S. The molecule has 0 saturated carbocycles. The maximum Gasteiger partial charge on any atom is 0.188 e. The van der Waals surface area contributed by atoms with Gasteiger partial charge in [-0.25, -0.2) is 4.99 Å². The number of nitrogens with one attached hydrogen (secondary N) is 1. The maximum atomic E-state index is 5.93. The summed E-state index contributed by atoms with van der Waals surface area (Å²) in [4.78, 5) is 5.62. The Hall–Kier alpha value is -2.34. The van der Waals surface area contributed by atoms with Crippen molar-refractivity contribution < 1.29 is 9.47 Å². The normalized spacial score (nSPS) is 11.2. The van der Waals surface area contributed by atoms with E-state index in [1.54, 1.807) is 26.0 Å². The molecule has 0 aromatic heterocycles. The molecule has 134 valence electrons. The molecule has 2 aromatic carbocycles. The molecule has 0 unspecified atom stereocenters. The van der Waals surface area contributed by atoms with E-state index in [9.17, 15) is 0 Å². The van der Waals surface area contributed by atoms with Crippen LogP contribution in [0, 0.1) is 0 Å². The van der Waals surface area contributed by atoms with Gasteiger partial charge >= 0.3 is 0 Å². The fourth-order valence-corrected chi connectivity index (χ4v) is 2.74. The number of rotatable bonds is 8. The quantitative estimate of drug-likeness (QED) is 0.431. The Kier molecular flexibility index (Phi) is 7.47. The number of nitrogens with two attached hydrogens (primary N) is 1. The van der Waals surface area contributed by atoms with Gasteiger partial charge in [0.25, 0.3) is 0 Å². The summed E-state index contributed by atoms with van der Waals surface area (Å²) >= 11 is 1.73. The molecule has 0 amide bonds. The van der Waals surface area contributed by atoms with Crippen LogP contribution in [0.1, 0.15) is 11.1 Å². The van der Waals surface area contributed by atoms with Crippen molar-refractivity contribution in [2.24, 2.45) is 10.7 Å². The van der Waals surface area contributed by atoms with E-state index in [2.05, 4.69) is 40.8 Å². The fraction of sp³-hybridized carbons (Fsp3) is 0.316. The zero-order valence-electron chi connectivity index (χ0n) is 14.9. The van der Waals surface area contributed by atoms with Crippen molar-refractivity contribution in [3.8, 4) is 11.5 Å². The van der Waals surface area contributed by atoms with Gasteiger partial charge < -0.3 is 20.5 Å². The number of ether oxygens (including phenoxy) is 2. The van der Waals surface area contributed by atoms with Crippen LogP contribution < -0.4 is 20.5 Å². The largest absolute Gasteiger partial charge is 0.493 e. The highest BCUT2D eigenvalue weighted by Crippen LogP contribution is 2.27. The second-order valence-corrected chi connectivity index (χ2v) is 6.30. The van der Waals surface area contributed by atoms with E-state index in [-0.39, 0.29) is 0 Å². The van der Waals surface area contributed by atoms with Gasteiger partial charge in [0, 0.05) is 11.4 Å². The highest BCUT2D eigenvalue weighted by Gasteiger charge is 2.04. The molecule has 0 heterocycles. The lowest BCUT2D eigenvalue weighted by Crippen LogP contribution is -2.33. The van der Waals surface area contributed by atoms with E-state index in [0.717, 1.165) is 29.0 Å². The lowest BCUT2D eigenvalue weighted by Gasteiger charge is -2.10. The van der Waals surface area contributed by atoms with Gasteiger partial charge in [-0.3, -0.25) is 0 Å². The smallest absolute Gasteiger partial charge is 0.188 e. The highest BCUT2D eigenvalue weighted by molar-refractivity contribution is 7.98. The molecule has 0 bridgehead atoms. The third-order valence-corrected chi connectivity index (χ3v) is 4.50. The number of hydrogen-bond acceptors (Lipinski definition) is 4. The summed E-state index contributed by atoms with van der Waals surface area (Å²) in [6.45, 7) is 1.28. The van der Waals surface area contributed by atoms with E-state index in [1.807, 2.05) is 18.2 Å². The van der Waals surface area contributed by atoms with Crippen molar-refractivity contribution in [2.75, 3.05) is 27.0 Å². The van der Waals surface area contributed by atoms with Gasteiger partial charge in [0.05, 0.1) is 20.8 Å². The van der Waals surface area contributed by atoms with Gasteiger partial charge in [-0.05, 0) is 48.1 Å². The van der Waals surface area contributed by atoms with E-state index >= 15 is 0 Å². The van der Waals surface area contributed by atoms with Crippen molar-refractivity contribution in [3.05, 3.63) is 53.6 Å². The van der Waals surface area contributed by atoms with Crippen molar-refractivity contribution in [3.63, 3.8) is 0 Å². The number of hydrogen-bond donors (Lipinski definition) is 2. The van der Waals surface area contributed by atoms with Crippen LogP contribution in [0.2, 0.25) is 0 Å². The van der Waals surface area contributed by atoms with Gasteiger partial charge in [0.1, 0.15) is 0 Å². The molecule has 2 rings (SSSR count). The Labute approximate surface area is 153 Å². The SMILES string of the molecule is COc1ccc(CCNC(N)=NCc2ccc(SC)cc2)cc1OC. The summed E-state index contributed by atoms with van der Waals surface area (Å²) in [6.07, 6.45) is 2.88. The van der Waals surface area contributed by atoms with E-state index in [1.165, 1.54) is 4.90 Å². The maximum absolute atomic E-state index is 5.93. The van der Waals surface area contributed by atoms with E-state index in [0.29, 0.717) is 19.0 Å². The summed E-state index contributed by atoms with van der Waals surface area (Å²) < 4.78 is 10.6. The van der Waals surface area contributed by atoms with Gasteiger partial charge in [-0.2, -0.15) is 0 Å². The van der Waals surface area contributed by atoms with Crippen molar-refractivity contribution in [2.45, 2.75) is 17.9 Å². The first-order valence-corrected chi connectivity index (χ1v) is 9.26. The summed E-state index contributed by atoms with van der Waals surface area (Å²) in [7, 11) is 3.27. The molecule has 3 N–H and O–H groups in total. The molecular weight excluding hydrogens is 334 g/mol. The van der Waals surface area contributed by atoms with Crippen molar-refractivity contribution in [1.29, 1.82) is 0 Å². The third kappa shape index (κ3) is 5.90. The molecule has 0 spiro atoms. The fourth-order valence-electron chi connectivity index (χ4n) is 2.33. The minimum atomic E-state index is 0.453. The molecule has 0 aliphatic carbocycles. The zero-order valence-corrected chi connectivity index (χ0v) is 15.7. The van der Waals surface area contributed by atoms with Crippen LogP contribution in [0.4, 0.5) is 0 Å². The number of guanidine groups is 1. The van der Waals surface area contributed by atoms with Crippen LogP contribution in [0.25, 0.3) is 0 Å². The number of benzene rings is 2. The van der Waals surface area contributed by atoms with Gasteiger partial charge in [-0.1, -0.05) is 18.2 Å². The minimum Gasteiger partial charge on any atom is -0.493 e. The molecule has 0 aliphatic rings. The summed E-state index contributed by atoms with van der Waals surface area (Å²) in [5.41, 5.74) is 8.22. The van der Waals surface area contributed by atoms with Crippen LogP contribution >= 0.6 is 11.8 Å². The standard InChI is InChI=1S/C19H25N3O2S/c1-23-17-9-6-14(12-18(17)24-2)10-11-21-19(20)22-13-15-4-7-16(25-3)8-5-15/h4-9,12H,10-11,13H2,1-3H3,(H3,20,21,22). The number of aliphatic imine (C=N–C) groups is 1. The molecule has 0 fully saturated rings. The van der Waals surface area contributed by atoms with Crippen molar-refractivity contribution in [1.82, 2.24) is 5.32 Å². The minimum absolute atomic E-state index is 0.453. The molecule has 2 aromatic rings. The summed E-state index contributed by atoms with van der Waals surface area (Å²) in [5, 5.41) is 3.14. The lowest BCUT2D eigenvalue weighted by molar-refractivity contribution is 0.354. The molecule has 5 nitrogen and oxygen atoms in total. The Balaban J connectivity index is 1.82. The predicted molar refractivity (Wildman–Crippen MR) is 105 cm³/mol. The third-order valence-electron chi connectivity index (χ3n) is 3.76. The Morgan fingerprint density at radius 1 is 1.04 bits per heavy atom. The zero-order chi connectivity index (χ0) is 18.1. The number of nitrogens with zero attached hydrogens (tertiary/aromatic N) is 1. The van der Waals surface area contributed by atoms with Crippen LogP contribution in [0.5, 0.6) is 11.5 Å². The monoisotopic (exact) mass is 359 g/mol. The first-order valence-electron chi connectivity index (χ1n) is 8.04. The average Bonchev–Trinajstić information content (AvgIpc) is 2.66. The second kappa shape index (κ2) is 9.84. The molecule has 0 atom stereocenters. The van der Waals surface area contributed by atoms with Crippen LogP contribution in [0.3, 0.4) is 0 Å². The lowest BCUT2D eigenvalue weighted by atomic mass is 10.1. The number of thioether (sulfide) groups is 1. The topological polar surface area (TPSA) is 68.9 Å². The summed E-state index contributed by atoms with van der Waals surface area (Å²) in [5.74, 6) is 1.91. The van der Waals surface area contributed by atoms with Gasteiger partial charge in [0.2, 0.25) is 0 Å². The first kappa shape index (κ1) is 19.0. The Morgan fingerprint density at radius 3 is 2.36 bits per heavy atom. The Morgan fingerprint density at radius 2 is 1.72 bits per heavy atom. The van der Waals surface area contributed by atoms with Gasteiger partial charge in [0.15, 0.2) is 17.5 Å². The molecule has 0 radical (unpaired) electrons.